The van der Waals surface area contributed by atoms with Crippen LogP contribution in [0.15, 0.2) is 36.7 Å². The van der Waals surface area contributed by atoms with E-state index in [0.717, 1.165) is 38.3 Å². The molecule has 8 nitrogen and oxygen atoms in total. The largest absolute Gasteiger partial charge is 0.390 e. The van der Waals surface area contributed by atoms with Crippen molar-refractivity contribution < 1.29 is 14.7 Å². The first-order valence-electron chi connectivity index (χ1n) is 11.7. The van der Waals surface area contributed by atoms with Crippen LogP contribution in [-0.2, 0) is 24.2 Å². The normalized spacial score (nSPS) is 17.4. The Morgan fingerprint density at radius 1 is 1.18 bits per heavy atom. The number of nitrogens with zero attached hydrogens (tertiary/aromatic N) is 4. The fourth-order valence-electron chi connectivity index (χ4n) is 4.55. The molecule has 0 bridgehead atoms. The average Bonchev–Trinajstić information content (AvgIpc) is 2.79. The molecule has 0 saturated carbocycles. The molecule has 1 atom stereocenters. The van der Waals surface area contributed by atoms with Gasteiger partial charge in [-0.1, -0.05) is 38.1 Å². The van der Waals surface area contributed by atoms with Crippen LogP contribution >= 0.6 is 0 Å². The molecule has 1 aromatic heterocycles. The maximum Gasteiger partial charge on any atom is 0.270 e. The van der Waals surface area contributed by atoms with Crippen LogP contribution in [0.4, 0.5) is 0 Å². The number of hydrogen-bond acceptors (Lipinski definition) is 6. The Hall–Kier alpha value is -2.84. The highest BCUT2D eigenvalue weighted by atomic mass is 16.3. The summed E-state index contributed by atoms with van der Waals surface area (Å²) in [4.78, 5) is 37.0. The molecule has 1 saturated heterocycles. The van der Waals surface area contributed by atoms with Gasteiger partial charge in [-0.3, -0.25) is 14.5 Å². The summed E-state index contributed by atoms with van der Waals surface area (Å²) in [5.74, 6) is 0.240. The Morgan fingerprint density at radius 3 is 2.70 bits per heavy atom. The van der Waals surface area contributed by atoms with Crippen LogP contribution in [0.2, 0.25) is 0 Å². The summed E-state index contributed by atoms with van der Waals surface area (Å²) in [5.41, 5.74) is 3.77. The van der Waals surface area contributed by atoms with Crippen molar-refractivity contribution in [2.75, 3.05) is 32.7 Å². The van der Waals surface area contributed by atoms with Crippen molar-refractivity contribution in [1.82, 2.24) is 25.1 Å². The van der Waals surface area contributed by atoms with Gasteiger partial charge in [0.05, 0.1) is 6.10 Å². The monoisotopic (exact) mass is 451 g/mol. The number of benzene rings is 1. The van der Waals surface area contributed by atoms with E-state index in [-0.39, 0.29) is 24.3 Å². The second-order valence-electron chi connectivity index (χ2n) is 9.48. The van der Waals surface area contributed by atoms with Crippen molar-refractivity contribution >= 4 is 11.8 Å². The number of aliphatic hydroxyl groups is 1. The molecule has 2 amide bonds. The van der Waals surface area contributed by atoms with Crippen molar-refractivity contribution in [2.45, 2.75) is 39.3 Å². The predicted octanol–water partition coefficient (Wildman–Crippen LogP) is 1.28. The molecule has 1 fully saturated rings. The highest BCUT2D eigenvalue weighted by Gasteiger charge is 2.32. The number of likely N-dealkylation sites (tertiary alicyclic amines) is 1. The molecule has 0 spiro atoms. The molecule has 2 N–H and O–H groups in total. The first-order valence-corrected chi connectivity index (χ1v) is 11.7. The number of aromatic nitrogens is 2. The molecule has 176 valence electrons. The van der Waals surface area contributed by atoms with Crippen molar-refractivity contribution in [3.8, 4) is 0 Å². The number of rotatable bonds is 8. The number of carbonyl (C=O) groups is 2. The SMILES string of the molecule is CC(C)C(=O)N1CC(Cc2cc(C(=O)NC[C@H](O)CN3CCc4ccccc4C3)ncn2)C1. The number of fused-ring (bicyclic) bond motifs is 1. The van der Waals surface area contributed by atoms with E-state index in [2.05, 4.69) is 38.4 Å². The van der Waals surface area contributed by atoms with E-state index >= 15 is 0 Å². The number of carbonyl (C=O) groups excluding carboxylic acids is 2. The number of hydrogen-bond donors (Lipinski definition) is 2. The summed E-state index contributed by atoms with van der Waals surface area (Å²) >= 11 is 0. The third-order valence-electron chi connectivity index (χ3n) is 6.39. The number of amides is 2. The molecule has 1 aromatic carbocycles. The van der Waals surface area contributed by atoms with Crippen molar-refractivity contribution in [3.05, 3.63) is 59.2 Å². The van der Waals surface area contributed by atoms with Gasteiger partial charge in [-0.25, -0.2) is 9.97 Å². The van der Waals surface area contributed by atoms with Crippen LogP contribution in [0.3, 0.4) is 0 Å². The predicted molar refractivity (Wildman–Crippen MR) is 124 cm³/mol. The minimum Gasteiger partial charge on any atom is -0.390 e. The maximum absolute atomic E-state index is 12.6. The second kappa shape index (κ2) is 10.4. The topological polar surface area (TPSA) is 98.7 Å². The Kier molecular flexibility index (Phi) is 7.35. The molecular weight excluding hydrogens is 418 g/mol. The second-order valence-corrected chi connectivity index (χ2v) is 9.48. The van der Waals surface area contributed by atoms with Gasteiger partial charge in [-0.15, -0.1) is 0 Å². The summed E-state index contributed by atoms with van der Waals surface area (Å²) in [6.07, 6.45) is 2.44. The molecule has 8 heteroatoms. The van der Waals surface area contributed by atoms with E-state index in [4.69, 9.17) is 0 Å². The van der Waals surface area contributed by atoms with E-state index in [0.29, 0.717) is 24.6 Å². The van der Waals surface area contributed by atoms with Crippen molar-refractivity contribution in [1.29, 1.82) is 0 Å². The average molecular weight is 452 g/mol. The van der Waals surface area contributed by atoms with Gasteiger partial charge < -0.3 is 15.3 Å². The van der Waals surface area contributed by atoms with Gasteiger partial charge in [-0.05, 0) is 36.0 Å². The molecule has 2 aliphatic heterocycles. The Labute approximate surface area is 195 Å². The lowest BCUT2D eigenvalue weighted by Crippen LogP contribution is -2.52. The molecule has 0 radical (unpaired) electrons. The minimum atomic E-state index is -0.653. The van der Waals surface area contributed by atoms with E-state index in [1.165, 1.54) is 17.5 Å². The van der Waals surface area contributed by atoms with Gasteiger partial charge in [0.2, 0.25) is 5.91 Å². The summed E-state index contributed by atoms with van der Waals surface area (Å²) in [6, 6.07) is 10.1. The lowest BCUT2D eigenvalue weighted by atomic mass is 9.93. The van der Waals surface area contributed by atoms with Gasteiger partial charge in [0.1, 0.15) is 12.0 Å². The quantitative estimate of drug-likeness (QED) is 0.628. The lowest BCUT2D eigenvalue weighted by molar-refractivity contribution is -0.140. The van der Waals surface area contributed by atoms with Gasteiger partial charge >= 0.3 is 0 Å². The molecule has 2 aromatic rings. The third-order valence-corrected chi connectivity index (χ3v) is 6.39. The highest BCUT2D eigenvalue weighted by molar-refractivity contribution is 5.92. The van der Waals surface area contributed by atoms with E-state index in [9.17, 15) is 14.7 Å². The van der Waals surface area contributed by atoms with Crippen LogP contribution in [0, 0.1) is 11.8 Å². The van der Waals surface area contributed by atoms with E-state index in [1.807, 2.05) is 24.8 Å². The summed E-state index contributed by atoms with van der Waals surface area (Å²) in [6.45, 7) is 7.69. The molecule has 33 heavy (non-hydrogen) atoms. The zero-order chi connectivity index (χ0) is 23.4. The van der Waals surface area contributed by atoms with Gasteiger partial charge in [-0.2, -0.15) is 0 Å². The Morgan fingerprint density at radius 2 is 1.94 bits per heavy atom. The van der Waals surface area contributed by atoms with Crippen LogP contribution < -0.4 is 5.32 Å². The molecule has 4 rings (SSSR count). The fraction of sp³-hybridized carbons (Fsp3) is 0.520. The summed E-state index contributed by atoms with van der Waals surface area (Å²) in [7, 11) is 0. The molecule has 0 unspecified atom stereocenters. The van der Waals surface area contributed by atoms with E-state index in [1.54, 1.807) is 6.07 Å². The highest BCUT2D eigenvalue weighted by Crippen LogP contribution is 2.22. The fourth-order valence-corrected chi connectivity index (χ4v) is 4.55. The van der Waals surface area contributed by atoms with Crippen LogP contribution in [0.5, 0.6) is 0 Å². The number of nitrogens with one attached hydrogen (secondary N) is 1. The van der Waals surface area contributed by atoms with Crippen LogP contribution in [0.25, 0.3) is 0 Å². The smallest absolute Gasteiger partial charge is 0.270 e. The Balaban J connectivity index is 1.22. The van der Waals surface area contributed by atoms with E-state index < -0.39 is 6.10 Å². The zero-order valence-corrected chi connectivity index (χ0v) is 19.4. The third kappa shape index (κ3) is 5.94. The molecular formula is C25H33N5O3. The van der Waals surface area contributed by atoms with Crippen LogP contribution in [-0.4, -0.2) is 75.5 Å². The zero-order valence-electron chi connectivity index (χ0n) is 19.4. The molecule has 2 aliphatic rings. The van der Waals surface area contributed by atoms with Gasteiger partial charge in [0, 0.05) is 50.9 Å². The minimum absolute atomic E-state index is 0.0152. The summed E-state index contributed by atoms with van der Waals surface area (Å²) in [5, 5.41) is 13.2. The number of aliphatic hydroxyl groups excluding tert-OH is 1. The molecule has 0 aliphatic carbocycles. The van der Waals surface area contributed by atoms with Gasteiger partial charge in [0.25, 0.3) is 5.91 Å². The maximum atomic E-state index is 12.6. The molecule has 3 heterocycles. The van der Waals surface area contributed by atoms with Crippen molar-refractivity contribution in [2.24, 2.45) is 11.8 Å². The summed E-state index contributed by atoms with van der Waals surface area (Å²) < 4.78 is 0. The van der Waals surface area contributed by atoms with Crippen LogP contribution in [0.1, 0.15) is 41.2 Å². The first kappa shape index (κ1) is 23.3. The standard InChI is InChI=1S/C25H33N5O3/c1-17(2)25(33)30-12-18(13-30)9-21-10-23(28-16-27-21)24(32)26-11-22(31)15-29-8-7-19-5-3-4-6-20(19)14-29/h3-6,10,16-18,22,31H,7-9,11-15H2,1-2H3,(H,26,32)/t22-/m0/s1. The number of β-amino-alcohol motifs (C(OH)–C–C–N with tert-alkyl or cyclic N) is 1. The van der Waals surface area contributed by atoms with Gasteiger partial charge in [0.15, 0.2) is 0 Å². The van der Waals surface area contributed by atoms with Crippen molar-refractivity contribution in [3.63, 3.8) is 0 Å². The lowest BCUT2D eigenvalue weighted by Gasteiger charge is -2.40. The first-order chi connectivity index (χ1) is 15.9. The Bertz CT molecular complexity index is 990.